The zero-order chi connectivity index (χ0) is 13.2. The lowest BCUT2D eigenvalue weighted by atomic mass is 9.70. The summed E-state index contributed by atoms with van der Waals surface area (Å²) in [6.45, 7) is 8.31. The summed E-state index contributed by atoms with van der Waals surface area (Å²) >= 11 is 0. The van der Waals surface area contributed by atoms with E-state index in [9.17, 15) is 5.11 Å². The lowest BCUT2D eigenvalue weighted by Gasteiger charge is -2.40. The molecule has 0 heterocycles. The lowest BCUT2D eigenvalue weighted by molar-refractivity contribution is 0.0936. The Balaban J connectivity index is 1.73. The Morgan fingerprint density at radius 2 is 2.00 bits per heavy atom. The van der Waals surface area contributed by atoms with Crippen LogP contribution in [0, 0.1) is 17.3 Å². The second-order valence-corrected chi connectivity index (χ2v) is 7.59. The van der Waals surface area contributed by atoms with Crippen molar-refractivity contribution in [2.24, 2.45) is 17.3 Å². The van der Waals surface area contributed by atoms with E-state index >= 15 is 0 Å². The predicted octanol–water partition coefficient (Wildman–Crippen LogP) is 3.34. The molecule has 106 valence electrons. The van der Waals surface area contributed by atoms with Gasteiger partial charge in [0.1, 0.15) is 0 Å². The molecule has 2 fully saturated rings. The van der Waals surface area contributed by atoms with Crippen molar-refractivity contribution >= 4 is 0 Å². The van der Waals surface area contributed by atoms with Crippen LogP contribution >= 0.6 is 0 Å². The van der Waals surface area contributed by atoms with Gasteiger partial charge in [-0.2, -0.15) is 0 Å². The van der Waals surface area contributed by atoms with Gasteiger partial charge in [-0.15, -0.1) is 0 Å². The standard InChI is InChI=1S/C16H31NO/c1-12-10-16(2,3)8-7-15(12)17-11-13-5-4-6-14(18)9-13/h12-15,17-18H,4-11H2,1-3H3. The van der Waals surface area contributed by atoms with Crippen molar-refractivity contribution in [1.29, 1.82) is 0 Å². The van der Waals surface area contributed by atoms with Crippen LogP contribution in [0.4, 0.5) is 0 Å². The number of aliphatic hydroxyl groups excluding tert-OH is 1. The van der Waals surface area contributed by atoms with Gasteiger partial charge in [-0.3, -0.25) is 0 Å². The molecule has 0 aromatic rings. The molecule has 2 heteroatoms. The first kappa shape index (κ1) is 14.3. The molecule has 0 radical (unpaired) electrons. The van der Waals surface area contributed by atoms with E-state index in [1.165, 1.54) is 32.1 Å². The Morgan fingerprint density at radius 3 is 2.67 bits per heavy atom. The van der Waals surface area contributed by atoms with Crippen molar-refractivity contribution in [3.8, 4) is 0 Å². The minimum absolute atomic E-state index is 0.0340. The van der Waals surface area contributed by atoms with Crippen molar-refractivity contribution in [1.82, 2.24) is 5.32 Å². The molecule has 2 N–H and O–H groups in total. The predicted molar refractivity (Wildman–Crippen MR) is 76.6 cm³/mol. The molecule has 4 atom stereocenters. The molecule has 2 nitrogen and oxygen atoms in total. The summed E-state index contributed by atoms with van der Waals surface area (Å²) in [5, 5.41) is 13.5. The van der Waals surface area contributed by atoms with Gasteiger partial charge in [-0.25, -0.2) is 0 Å². The number of hydrogen-bond acceptors (Lipinski definition) is 2. The maximum Gasteiger partial charge on any atom is 0.0543 e. The fraction of sp³-hybridized carbons (Fsp3) is 1.00. The third-order valence-electron chi connectivity index (χ3n) is 5.12. The molecule has 0 aromatic carbocycles. The number of rotatable bonds is 3. The fourth-order valence-corrected chi connectivity index (χ4v) is 4.02. The molecule has 0 spiro atoms. The minimum atomic E-state index is -0.0340. The van der Waals surface area contributed by atoms with Crippen LogP contribution in [-0.2, 0) is 0 Å². The van der Waals surface area contributed by atoms with Crippen LogP contribution in [0.25, 0.3) is 0 Å². The Hall–Kier alpha value is -0.0800. The van der Waals surface area contributed by atoms with Crippen LogP contribution in [0.3, 0.4) is 0 Å². The van der Waals surface area contributed by atoms with Crippen molar-refractivity contribution in [3.05, 3.63) is 0 Å². The highest BCUT2D eigenvalue weighted by molar-refractivity contribution is 4.87. The Labute approximate surface area is 113 Å². The normalized spacial score (nSPS) is 40.7. The highest BCUT2D eigenvalue weighted by Gasteiger charge is 2.32. The quantitative estimate of drug-likeness (QED) is 0.808. The van der Waals surface area contributed by atoms with Crippen LogP contribution in [0.5, 0.6) is 0 Å². The summed E-state index contributed by atoms with van der Waals surface area (Å²) in [4.78, 5) is 0. The number of nitrogens with one attached hydrogen (secondary N) is 1. The Kier molecular flexibility index (Phi) is 4.71. The van der Waals surface area contributed by atoms with E-state index in [1.54, 1.807) is 0 Å². The molecule has 2 aliphatic carbocycles. The van der Waals surface area contributed by atoms with Gasteiger partial charge in [-0.1, -0.05) is 27.2 Å². The van der Waals surface area contributed by atoms with E-state index in [2.05, 4.69) is 26.1 Å². The molecule has 0 aromatic heterocycles. The van der Waals surface area contributed by atoms with Gasteiger partial charge >= 0.3 is 0 Å². The topological polar surface area (TPSA) is 32.3 Å². The molecule has 0 amide bonds. The van der Waals surface area contributed by atoms with Gasteiger partial charge in [0.2, 0.25) is 0 Å². The molecule has 2 rings (SSSR count). The molecular formula is C16H31NO. The molecule has 18 heavy (non-hydrogen) atoms. The first-order chi connectivity index (χ1) is 8.46. The van der Waals surface area contributed by atoms with Crippen LogP contribution in [0.2, 0.25) is 0 Å². The molecule has 4 unspecified atom stereocenters. The molecule has 0 aliphatic heterocycles. The van der Waals surface area contributed by atoms with E-state index < -0.39 is 0 Å². The molecule has 2 saturated carbocycles. The van der Waals surface area contributed by atoms with E-state index in [4.69, 9.17) is 0 Å². The zero-order valence-electron chi connectivity index (χ0n) is 12.4. The van der Waals surface area contributed by atoms with Crippen LogP contribution < -0.4 is 5.32 Å². The average Bonchev–Trinajstić information content (AvgIpc) is 2.27. The molecule has 0 bridgehead atoms. The molecular weight excluding hydrogens is 222 g/mol. The second kappa shape index (κ2) is 5.92. The van der Waals surface area contributed by atoms with Gasteiger partial charge in [-0.05, 0) is 62.3 Å². The van der Waals surface area contributed by atoms with Crippen molar-refractivity contribution in [3.63, 3.8) is 0 Å². The summed E-state index contributed by atoms with van der Waals surface area (Å²) in [5.41, 5.74) is 0.540. The second-order valence-electron chi connectivity index (χ2n) is 7.59. The third-order valence-corrected chi connectivity index (χ3v) is 5.12. The van der Waals surface area contributed by atoms with Crippen LogP contribution in [-0.4, -0.2) is 23.8 Å². The summed E-state index contributed by atoms with van der Waals surface area (Å²) in [6, 6.07) is 0.706. The van der Waals surface area contributed by atoms with Gasteiger partial charge in [0, 0.05) is 6.04 Å². The SMILES string of the molecule is CC1CC(C)(C)CCC1NCC1CCCC(O)C1. The maximum absolute atomic E-state index is 9.71. The Bertz CT molecular complexity index is 264. The number of aliphatic hydroxyl groups is 1. The highest BCUT2D eigenvalue weighted by Crippen LogP contribution is 2.38. The van der Waals surface area contributed by atoms with Crippen LogP contribution in [0.1, 0.15) is 65.7 Å². The van der Waals surface area contributed by atoms with E-state index in [1.807, 2.05) is 0 Å². The highest BCUT2D eigenvalue weighted by atomic mass is 16.3. The minimum Gasteiger partial charge on any atom is -0.393 e. The summed E-state index contributed by atoms with van der Waals surface area (Å²) in [5.74, 6) is 1.50. The molecule has 2 aliphatic rings. The molecule has 0 saturated heterocycles. The lowest BCUT2D eigenvalue weighted by Crippen LogP contribution is -2.44. The van der Waals surface area contributed by atoms with Gasteiger partial charge in [0.25, 0.3) is 0 Å². The first-order valence-corrected chi connectivity index (χ1v) is 7.88. The third kappa shape index (κ3) is 3.96. The van der Waals surface area contributed by atoms with Crippen molar-refractivity contribution < 1.29 is 5.11 Å². The average molecular weight is 253 g/mol. The van der Waals surface area contributed by atoms with Gasteiger partial charge in [0.15, 0.2) is 0 Å². The Morgan fingerprint density at radius 1 is 1.22 bits per heavy atom. The van der Waals surface area contributed by atoms with E-state index in [-0.39, 0.29) is 6.10 Å². The monoisotopic (exact) mass is 253 g/mol. The van der Waals surface area contributed by atoms with Crippen molar-refractivity contribution in [2.45, 2.75) is 77.9 Å². The fourth-order valence-electron chi connectivity index (χ4n) is 4.02. The zero-order valence-corrected chi connectivity index (χ0v) is 12.4. The smallest absolute Gasteiger partial charge is 0.0543 e. The summed E-state index contributed by atoms with van der Waals surface area (Å²) in [7, 11) is 0. The van der Waals surface area contributed by atoms with E-state index in [0.717, 1.165) is 25.3 Å². The first-order valence-electron chi connectivity index (χ1n) is 7.88. The maximum atomic E-state index is 9.71. The summed E-state index contributed by atoms with van der Waals surface area (Å²) in [6.07, 6.45) is 8.53. The van der Waals surface area contributed by atoms with Crippen molar-refractivity contribution in [2.75, 3.05) is 6.54 Å². The van der Waals surface area contributed by atoms with Crippen LogP contribution in [0.15, 0.2) is 0 Å². The van der Waals surface area contributed by atoms with Gasteiger partial charge in [0.05, 0.1) is 6.10 Å². The van der Waals surface area contributed by atoms with Gasteiger partial charge < -0.3 is 10.4 Å². The summed E-state index contributed by atoms with van der Waals surface area (Å²) < 4.78 is 0. The van der Waals surface area contributed by atoms with E-state index in [0.29, 0.717) is 17.4 Å². The largest absolute Gasteiger partial charge is 0.393 e. The number of hydrogen-bond donors (Lipinski definition) is 2.